The van der Waals surface area contributed by atoms with Crippen molar-refractivity contribution in [3.05, 3.63) is 82.9 Å². The van der Waals surface area contributed by atoms with Gasteiger partial charge in [-0.2, -0.15) is 0 Å². The van der Waals surface area contributed by atoms with Crippen molar-refractivity contribution in [2.45, 2.75) is 20.3 Å². The second-order valence-electron chi connectivity index (χ2n) is 8.08. The molecule has 172 valence electrons. The lowest BCUT2D eigenvalue weighted by molar-refractivity contribution is 0.0519. The van der Waals surface area contributed by atoms with Gasteiger partial charge < -0.3 is 20.1 Å². The van der Waals surface area contributed by atoms with Crippen molar-refractivity contribution >= 4 is 23.3 Å². The Balaban J connectivity index is 1.76. The zero-order valence-electron chi connectivity index (χ0n) is 19.2. The largest absolute Gasteiger partial charge is 0.462 e. The summed E-state index contributed by atoms with van der Waals surface area (Å²) < 4.78 is 10.8. The van der Waals surface area contributed by atoms with Crippen molar-refractivity contribution in [3.8, 4) is 22.3 Å². The van der Waals surface area contributed by atoms with E-state index in [4.69, 9.17) is 9.47 Å². The van der Waals surface area contributed by atoms with Gasteiger partial charge in [0.05, 0.1) is 42.4 Å². The van der Waals surface area contributed by atoms with Gasteiger partial charge in [-0.25, -0.2) is 9.59 Å². The Morgan fingerprint density at radius 2 is 1.09 bits per heavy atom. The van der Waals surface area contributed by atoms with E-state index in [1.165, 1.54) is 0 Å². The molecule has 34 heavy (non-hydrogen) atoms. The van der Waals surface area contributed by atoms with Gasteiger partial charge in [-0.15, -0.1) is 0 Å². The van der Waals surface area contributed by atoms with Gasteiger partial charge >= 0.3 is 11.9 Å². The van der Waals surface area contributed by atoms with Crippen LogP contribution in [0.15, 0.2) is 60.7 Å². The molecule has 0 aromatic rings. The van der Waals surface area contributed by atoms with Crippen LogP contribution in [0, 0.1) is 0 Å². The van der Waals surface area contributed by atoms with E-state index in [2.05, 4.69) is 10.6 Å². The van der Waals surface area contributed by atoms with Gasteiger partial charge in [-0.1, -0.05) is 60.7 Å². The molecule has 0 saturated carbocycles. The predicted molar refractivity (Wildman–Crippen MR) is 133 cm³/mol. The third kappa shape index (κ3) is 3.52. The molecule has 0 aromatic carbocycles. The quantitative estimate of drug-likeness (QED) is 0.389. The molecule has 6 nitrogen and oxygen atoms in total. The van der Waals surface area contributed by atoms with Gasteiger partial charge in [0, 0.05) is 6.42 Å². The average Bonchev–Trinajstić information content (AvgIpc) is 3.03. The van der Waals surface area contributed by atoms with Crippen LogP contribution >= 0.6 is 0 Å². The molecular formula is C28H26N2O4. The number of carbonyl (C=O) groups excluding carboxylic acids is 2. The fourth-order valence-electron chi connectivity index (χ4n) is 4.88. The molecule has 0 bridgehead atoms. The van der Waals surface area contributed by atoms with E-state index < -0.39 is 0 Å². The highest BCUT2D eigenvalue weighted by Gasteiger charge is 2.33. The Labute approximate surface area is 198 Å². The fourth-order valence-corrected chi connectivity index (χ4v) is 4.88. The van der Waals surface area contributed by atoms with Crippen LogP contribution in [0.2, 0.25) is 0 Å². The minimum Gasteiger partial charge on any atom is -0.462 e. The zero-order chi connectivity index (χ0) is 23.7. The van der Waals surface area contributed by atoms with Crippen molar-refractivity contribution in [2.75, 3.05) is 30.5 Å². The highest BCUT2D eigenvalue weighted by atomic mass is 16.5. The van der Waals surface area contributed by atoms with E-state index in [0.29, 0.717) is 37.4 Å². The molecule has 1 heterocycles. The molecule has 0 amide bonds. The molecule has 0 spiro atoms. The van der Waals surface area contributed by atoms with Crippen molar-refractivity contribution < 1.29 is 19.1 Å². The maximum absolute atomic E-state index is 13.0. The van der Waals surface area contributed by atoms with E-state index >= 15 is 0 Å². The molecule has 6 heteroatoms. The number of esters is 2. The molecule has 0 fully saturated rings. The van der Waals surface area contributed by atoms with Crippen LogP contribution in [0.25, 0.3) is 22.3 Å². The first kappa shape index (κ1) is 21.8. The Morgan fingerprint density at radius 1 is 0.676 bits per heavy atom. The predicted octanol–water partition coefficient (Wildman–Crippen LogP) is 5.64. The first-order valence-corrected chi connectivity index (χ1v) is 11.5. The molecule has 0 saturated heterocycles. The molecule has 0 aromatic heterocycles. The number of hydrogen-bond acceptors (Lipinski definition) is 6. The van der Waals surface area contributed by atoms with Crippen LogP contribution in [-0.4, -0.2) is 31.8 Å². The Kier molecular flexibility index (Phi) is 5.80. The third-order valence-corrected chi connectivity index (χ3v) is 6.21. The first-order valence-electron chi connectivity index (χ1n) is 11.5. The Morgan fingerprint density at radius 3 is 1.50 bits per heavy atom. The number of anilines is 2. The normalized spacial score (nSPS) is 12.5. The number of rotatable bonds is 4. The van der Waals surface area contributed by atoms with Crippen molar-refractivity contribution in [1.29, 1.82) is 0 Å². The second-order valence-corrected chi connectivity index (χ2v) is 8.08. The van der Waals surface area contributed by atoms with E-state index in [-0.39, 0.29) is 11.9 Å². The third-order valence-electron chi connectivity index (χ3n) is 6.21. The molecule has 0 radical (unpaired) electrons. The molecule has 1 aliphatic heterocycles. The van der Waals surface area contributed by atoms with Gasteiger partial charge in [0.1, 0.15) is 0 Å². The van der Waals surface area contributed by atoms with Crippen LogP contribution in [0.1, 0.15) is 45.7 Å². The summed E-state index contributed by atoms with van der Waals surface area (Å²) in [6.45, 7) is 4.55. The summed E-state index contributed by atoms with van der Waals surface area (Å²) in [6, 6.07) is 19.7. The van der Waals surface area contributed by atoms with Crippen LogP contribution in [-0.2, 0) is 15.9 Å². The summed E-state index contributed by atoms with van der Waals surface area (Å²) in [7, 11) is 0. The molecule has 2 N–H and O–H groups in total. The summed E-state index contributed by atoms with van der Waals surface area (Å²) >= 11 is 0. The number of fused-ring (bicyclic) bond motifs is 6. The summed E-state index contributed by atoms with van der Waals surface area (Å²) in [6.07, 6.45) is 0.532. The molecule has 0 atom stereocenters. The van der Waals surface area contributed by atoms with Gasteiger partial charge in [-0.3, -0.25) is 0 Å². The second kappa shape index (κ2) is 9.06. The summed E-state index contributed by atoms with van der Waals surface area (Å²) in [5.74, 6) is -0.696. The molecule has 0 unspecified atom stereocenters. The number of ether oxygens (including phenoxy) is 2. The summed E-state index contributed by atoms with van der Waals surface area (Å²) in [5.41, 5.74) is 8.28. The summed E-state index contributed by atoms with van der Waals surface area (Å²) in [4.78, 5) is 26.0. The SMILES string of the molecule is CCOC(=O)c1c2cccccc-2c2c1NCNc1c(c3cccccc-3c1C(=O)OCC)C2. The topological polar surface area (TPSA) is 76.7 Å². The fraction of sp³-hybridized carbons (Fsp3) is 0.214. The lowest BCUT2D eigenvalue weighted by atomic mass is 9.98. The van der Waals surface area contributed by atoms with Crippen LogP contribution < -0.4 is 10.6 Å². The molecule has 5 aliphatic rings. The molecule has 4 aliphatic carbocycles. The smallest absolute Gasteiger partial charge is 0.340 e. The standard InChI is InChI=1S/C28H26N2O4/c1-3-33-27(31)23-19-13-9-5-7-11-17(19)21-15-22-18-12-8-6-10-14-20(18)24(28(32)34-4-2)26(22)30-16-29-25(21)23/h5-14,29-30H,3-4,15-16H2,1-2H3. The maximum Gasteiger partial charge on any atom is 0.340 e. The van der Waals surface area contributed by atoms with Gasteiger partial charge in [-0.05, 0) is 47.2 Å². The van der Waals surface area contributed by atoms with Crippen molar-refractivity contribution in [1.82, 2.24) is 0 Å². The summed E-state index contributed by atoms with van der Waals surface area (Å²) in [5, 5.41) is 6.80. The highest BCUT2D eigenvalue weighted by Crippen LogP contribution is 2.48. The lowest BCUT2D eigenvalue weighted by Crippen LogP contribution is -2.19. The molecule has 5 rings (SSSR count). The highest BCUT2D eigenvalue weighted by molar-refractivity contribution is 6.10. The minimum atomic E-state index is -0.348. The van der Waals surface area contributed by atoms with E-state index in [0.717, 1.165) is 44.8 Å². The van der Waals surface area contributed by atoms with E-state index in [9.17, 15) is 9.59 Å². The Hall–Kier alpha value is -4.06. The van der Waals surface area contributed by atoms with E-state index in [1.807, 2.05) is 60.7 Å². The van der Waals surface area contributed by atoms with Crippen molar-refractivity contribution in [3.63, 3.8) is 0 Å². The van der Waals surface area contributed by atoms with Crippen LogP contribution in [0.4, 0.5) is 11.4 Å². The van der Waals surface area contributed by atoms with Crippen LogP contribution in [0.3, 0.4) is 0 Å². The van der Waals surface area contributed by atoms with Crippen molar-refractivity contribution in [2.24, 2.45) is 0 Å². The lowest BCUT2D eigenvalue weighted by Gasteiger charge is -2.18. The van der Waals surface area contributed by atoms with Gasteiger partial charge in [0.25, 0.3) is 0 Å². The molecular weight excluding hydrogens is 428 g/mol. The Bertz CT molecular complexity index is 1230. The van der Waals surface area contributed by atoms with Crippen LogP contribution in [0.5, 0.6) is 0 Å². The average molecular weight is 455 g/mol. The first-order chi connectivity index (χ1) is 16.7. The van der Waals surface area contributed by atoms with Gasteiger partial charge in [0.2, 0.25) is 0 Å². The monoisotopic (exact) mass is 454 g/mol. The number of carbonyl (C=O) groups is 2. The number of nitrogens with one attached hydrogen (secondary N) is 2. The number of hydrogen-bond donors (Lipinski definition) is 2. The minimum absolute atomic E-state index is 0.300. The maximum atomic E-state index is 13.0. The van der Waals surface area contributed by atoms with E-state index in [1.54, 1.807) is 13.8 Å². The van der Waals surface area contributed by atoms with Gasteiger partial charge in [0.15, 0.2) is 0 Å². The zero-order valence-corrected chi connectivity index (χ0v) is 19.2.